The summed E-state index contributed by atoms with van der Waals surface area (Å²) in [5, 5.41) is 27.9. The van der Waals surface area contributed by atoms with Gasteiger partial charge in [0.05, 0.1) is 52.0 Å². The van der Waals surface area contributed by atoms with Crippen molar-refractivity contribution < 1.29 is 4.79 Å². The number of ketones is 1. The van der Waals surface area contributed by atoms with E-state index >= 15 is 0 Å². The molecule has 9 atom stereocenters. The molecule has 5 aromatic heterocycles. The molecule has 0 aliphatic heterocycles. The zero-order chi connectivity index (χ0) is 61.1. The molecule has 0 saturated carbocycles. The Balaban J connectivity index is 0.000000144. The van der Waals surface area contributed by atoms with Gasteiger partial charge in [0.25, 0.3) is 5.56 Å². The maximum absolute atomic E-state index is 12.2. The Hall–Kier alpha value is -10.2. The van der Waals surface area contributed by atoms with Gasteiger partial charge in [0.15, 0.2) is 5.78 Å². The van der Waals surface area contributed by atoms with Gasteiger partial charge in [-0.25, -0.2) is 0 Å². The Morgan fingerprint density at radius 3 is 1.43 bits per heavy atom. The Morgan fingerprint density at radius 2 is 0.943 bits per heavy atom. The highest BCUT2D eigenvalue weighted by Gasteiger charge is 2.34. The molecule has 5 heterocycles. The molecule has 8 aromatic rings. The molecular formula is C76H70N8O3. The molecular weight excluding hydrogens is 1070 g/mol. The molecule has 2 N–H and O–H groups in total. The van der Waals surface area contributed by atoms with Gasteiger partial charge in [-0.2, -0.15) is 15.8 Å². The first-order valence-corrected chi connectivity index (χ1v) is 30.0. The molecule has 0 radical (unpaired) electrons. The van der Waals surface area contributed by atoms with Crippen LogP contribution in [0.5, 0.6) is 0 Å². The topological polar surface area (TPSA) is 193 Å². The van der Waals surface area contributed by atoms with Crippen molar-refractivity contribution in [2.24, 2.45) is 41.4 Å². The zero-order valence-corrected chi connectivity index (χ0v) is 50.0. The van der Waals surface area contributed by atoms with Gasteiger partial charge < -0.3 is 9.97 Å². The number of fused-ring (bicyclic) bond motifs is 2. The third-order valence-electron chi connectivity index (χ3n) is 18.4. The number of aromatic amines is 2. The van der Waals surface area contributed by atoms with E-state index in [1.807, 2.05) is 146 Å². The van der Waals surface area contributed by atoms with E-state index in [2.05, 4.69) is 109 Å². The quantitative estimate of drug-likeness (QED) is 0.141. The predicted octanol–water partition coefficient (Wildman–Crippen LogP) is 15.6. The number of H-pyrrole nitrogens is 2. The van der Waals surface area contributed by atoms with Crippen molar-refractivity contribution in [1.82, 2.24) is 24.9 Å². The van der Waals surface area contributed by atoms with Crippen LogP contribution in [0, 0.1) is 75.4 Å². The second kappa shape index (κ2) is 27.3. The largest absolute Gasteiger partial charge is 0.329 e. The van der Waals surface area contributed by atoms with Crippen LogP contribution in [0.15, 0.2) is 203 Å². The molecule has 4 aliphatic rings. The van der Waals surface area contributed by atoms with Crippen LogP contribution in [-0.4, -0.2) is 30.7 Å². The number of rotatable bonds is 9. The highest BCUT2D eigenvalue weighted by Crippen LogP contribution is 2.44. The lowest BCUT2D eigenvalue weighted by Crippen LogP contribution is -2.30. The van der Waals surface area contributed by atoms with Crippen molar-refractivity contribution in [2.45, 2.75) is 79.1 Å². The molecule has 4 aliphatic carbocycles. The Morgan fingerprint density at radius 1 is 0.494 bits per heavy atom. The number of allylic oxidation sites excluding steroid dienone is 7. The molecule has 0 unspecified atom stereocenters. The van der Waals surface area contributed by atoms with Crippen molar-refractivity contribution >= 4 is 24.0 Å². The first-order valence-electron chi connectivity index (χ1n) is 30.0. The van der Waals surface area contributed by atoms with Gasteiger partial charge in [-0.3, -0.25) is 29.3 Å². The average molecular weight is 1140 g/mol. The molecule has 0 fully saturated rings. The van der Waals surface area contributed by atoms with Crippen LogP contribution in [0.3, 0.4) is 0 Å². The van der Waals surface area contributed by atoms with Gasteiger partial charge in [0.1, 0.15) is 0 Å². The van der Waals surface area contributed by atoms with Crippen molar-refractivity contribution in [3.63, 3.8) is 0 Å². The van der Waals surface area contributed by atoms with Crippen LogP contribution in [0.25, 0.3) is 51.6 Å². The summed E-state index contributed by atoms with van der Waals surface area (Å²) in [6.45, 7) is 13.5. The first kappa shape index (κ1) is 60.0. The fraction of sp³-hybridized carbons (Fsp3) is 0.250. The summed E-state index contributed by atoms with van der Waals surface area (Å²) in [5.41, 5.74) is 17.0. The second-order valence-corrected chi connectivity index (χ2v) is 23.7. The van der Waals surface area contributed by atoms with E-state index in [-0.39, 0.29) is 28.7 Å². The average Bonchev–Trinajstić information content (AvgIpc) is 2.64. The van der Waals surface area contributed by atoms with E-state index in [1.165, 1.54) is 16.7 Å². The third kappa shape index (κ3) is 13.7. The third-order valence-corrected chi connectivity index (χ3v) is 18.4. The molecule has 0 spiro atoms. The van der Waals surface area contributed by atoms with E-state index in [0.717, 1.165) is 86.4 Å². The Labute approximate surface area is 509 Å². The molecule has 11 nitrogen and oxygen atoms in total. The van der Waals surface area contributed by atoms with Gasteiger partial charge in [-0.1, -0.05) is 144 Å². The van der Waals surface area contributed by atoms with Gasteiger partial charge in [-0.15, -0.1) is 0 Å². The number of hydrogen-bond donors (Lipinski definition) is 2. The number of benzene rings is 3. The van der Waals surface area contributed by atoms with E-state index in [1.54, 1.807) is 30.7 Å². The molecule has 87 heavy (non-hydrogen) atoms. The van der Waals surface area contributed by atoms with E-state index < -0.39 is 0 Å². The maximum Gasteiger partial charge on any atom is 0.251 e. The van der Waals surface area contributed by atoms with Crippen molar-refractivity contribution in [3.05, 3.63) is 271 Å². The van der Waals surface area contributed by atoms with E-state index in [0.29, 0.717) is 64.5 Å². The summed E-state index contributed by atoms with van der Waals surface area (Å²) in [5.74, 6) is 3.85. The minimum Gasteiger partial charge on any atom is -0.329 e. The molecule has 11 heteroatoms. The lowest BCUT2D eigenvalue weighted by Gasteiger charge is -2.36. The normalized spacial score (nSPS) is 21.9. The van der Waals surface area contributed by atoms with Gasteiger partial charge >= 0.3 is 0 Å². The summed E-state index contributed by atoms with van der Waals surface area (Å²) in [4.78, 5) is 55.3. The fourth-order valence-corrected chi connectivity index (χ4v) is 12.7. The maximum atomic E-state index is 12.2. The number of hydrogen-bond acceptors (Lipinski definition) is 9. The minimum atomic E-state index is -0.0532. The molecule has 432 valence electrons. The Kier molecular flexibility index (Phi) is 18.8. The van der Waals surface area contributed by atoms with E-state index in [4.69, 9.17) is 0 Å². The summed E-state index contributed by atoms with van der Waals surface area (Å²) < 4.78 is 0. The number of carbonyl (C=O) groups excluding carboxylic acids is 1. The summed E-state index contributed by atoms with van der Waals surface area (Å²) in [7, 11) is 0. The molecule has 3 aromatic carbocycles. The number of nitrogens with one attached hydrogen (secondary N) is 2. The Bertz CT molecular complexity index is 4120. The number of nitrogens with zero attached hydrogens (tertiary/aromatic N) is 6. The molecule has 0 amide bonds. The summed E-state index contributed by atoms with van der Waals surface area (Å²) in [6, 6.07) is 45.0. The van der Waals surface area contributed by atoms with Gasteiger partial charge in [0, 0.05) is 100 Å². The number of aromatic nitrogens is 5. The first-order chi connectivity index (χ1) is 42.2. The monoisotopic (exact) mass is 1140 g/mol. The number of nitriles is 3. The fourth-order valence-electron chi connectivity index (χ4n) is 12.7. The van der Waals surface area contributed by atoms with Crippen LogP contribution >= 0.6 is 0 Å². The van der Waals surface area contributed by atoms with Crippen molar-refractivity contribution in [1.29, 1.82) is 15.8 Å². The molecule has 12 rings (SSSR count). The van der Waals surface area contributed by atoms with Crippen LogP contribution in [0.1, 0.15) is 122 Å². The highest BCUT2D eigenvalue weighted by molar-refractivity contribution is 5.93. The summed E-state index contributed by atoms with van der Waals surface area (Å²) >= 11 is 0. The van der Waals surface area contributed by atoms with Crippen molar-refractivity contribution in [3.8, 4) is 51.6 Å². The lowest BCUT2D eigenvalue weighted by molar-refractivity contribution is -0.114. The standard InChI is InChI=1S/C26H24N2O.2C25H23N3O/c1-17-13-21-14-23(29)10-12-26(21)24(18(17)2)11-9-22-8-7-20(16-28-22)25-6-4-3-5-19(25)15-27;1-16-11-20-15-28-25(29)12-24(20)22(17(16)2)10-9-21-8-7-19(14-27-21)23-6-4-3-5-18(23)13-26;1-16-13-24-23(11-12-27-25(24)29)21(17(16)2)10-9-20-8-7-19(15-28-20)22-6-4-3-5-18(22)14-26/h3-12,16-18,24H,13-14H2,1-2H3;3-10,12,14-17,22H,11H2,1-2H3,(H,28,29);3-12,15-17,21H,13H2,1-2H3,(H,27,29)/b11-9+;2*10-9+/t17-,18+,24-;16-,17+,22-;16-,17+,21-/m000/s1. The number of pyridine rings is 5. The molecule has 0 bridgehead atoms. The zero-order valence-electron chi connectivity index (χ0n) is 50.0. The van der Waals surface area contributed by atoms with Crippen LogP contribution in [-0.2, 0) is 17.6 Å². The summed E-state index contributed by atoms with van der Waals surface area (Å²) in [6.07, 6.45) is 28.9. The van der Waals surface area contributed by atoms with Crippen LogP contribution < -0.4 is 11.1 Å². The SMILES string of the molecule is C[C@H]1[C@H](/C=C/c2ccc(-c3ccccc3C#N)cn2)C2=C(CC(=O)C=C2)C[C@@H]1C.C[C@H]1[C@H](/C=C/c2ccc(-c3ccccc3C#N)cn2)c2cc(=O)[nH]cc2C[C@@H]1C.C[C@H]1[C@H](/C=C/c2ccc(-c3ccccc3C#N)cn2)c2cc[nH]c(=O)c2C[C@@H]1C. The van der Waals surface area contributed by atoms with Crippen LogP contribution in [0.4, 0.5) is 0 Å². The number of carbonyl (C=O) groups is 1. The highest BCUT2D eigenvalue weighted by atomic mass is 16.1. The van der Waals surface area contributed by atoms with Gasteiger partial charge in [-0.05, 0) is 144 Å². The predicted molar refractivity (Wildman–Crippen MR) is 346 cm³/mol. The van der Waals surface area contributed by atoms with Crippen LogP contribution in [0.2, 0.25) is 0 Å². The minimum absolute atomic E-state index is 0.0262. The van der Waals surface area contributed by atoms with Crippen molar-refractivity contribution in [2.75, 3.05) is 0 Å². The van der Waals surface area contributed by atoms with Gasteiger partial charge in [0.2, 0.25) is 5.56 Å². The lowest BCUT2D eigenvalue weighted by atomic mass is 9.68. The second-order valence-electron chi connectivity index (χ2n) is 23.7. The molecule has 0 saturated heterocycles. The smallest absolute Gasteiger partial charge is 0.251 e. The van der Waals surface area contributed by atoms with E-state index in [9.17, 15) is 30.2 Å².